The molecule has 1 N–H and O–H groups in total. The van der Waals surface area contributed by atoms with Gasteiger partial charge in [-0.3, -0.25) is 9.78 Å². The zero-order chi connectivity index (χ0) is 23.7. The van der Waals surface area contributed by atoms with Crippen molar-refractivity contribution in [2.45, 2.75) is 46.2 Å². The van der Waals surface area contributed by atoms with E-state index >= 15 is 0 Å². The number of aromatic nitrogens is 2. The zero-order valence-corrected chi connectivity index (χ0v) is 20.6. The Balaban J connectivity index is 1.82. The normalized spacial score (nSPS) is 17.8. The third-order valence-electron chi connectivity index (χ3n) is 6.59. The Hall–Kier alpha value is -3.19. The summed E-state index contributed by atoms with van der Waals surface area (Å²) in [6.45, 7) is 9.06. The molecule has 2 atom stereocenters. The summed E-state index contributed by atoms with van der Waals surface area (Å²) < 4.78 is 7.19. The third kappa shape index (κ3) is 4.25. The Morgan fingerprint density at radius 3 is 2.64 bits per heavy atom. The van der Waals surface area contributed by atoms with Gasteiger partial charge in [-0.15, -0.1) is 0 Å². The average molecular weight is 463 g/mol. The molecule has 0 amide bonds. The summed E-state index contributed by atoms with van der Waals surface area (Å²) in [5.41, 5.74) is 8.10. The predicted molar refractivity (Wildman–Crippen MR) is 134 cm³/mol. The van der Waals surface area contributed by atoms with Crippen LogP contribution in [0.1, 0.15) is 52.3 Å². The number of methoxy groups -OCH3 is 1. The molecule has 1 aromatic carbocycles. The molecule has 0 bridgehead atoms. The number of hydrogen-bond acceptors (Lipinski definition) is 4. The van der Waals surface area contributed by atoms with Crippen molar-refractivity contribution in [2.75, 3.05) is 13.7 Å². The second kappa shape index (κ2) is 9.35. The molecule has 1 aliphatic heterocycles. The molecule has 3 heterocycles. The lowest BCUT2D eigenvalue weighted by molar-refractivity contribution is -0.140. The van der Waals surface area contributed by atoms with Crippen LogP contribution in [-0.2, 0) is 9.53 Å². The third-order valence-corrected chi connectivity index (χ3v) is 6.94. The molecule has 1 saturated heterocycles. The number of ether oxygens (including phenoxy) is 1. The van der Waals surface area contributed by atoms with Gasteiger partial charge in [-0.05, 0) is 80.9 Å². The maximum absolute atomic E-state index is 11.9. The Morgan fingerprint density at radius 1 is 1.15 bits per heavy atom. The van der Waals surface area contributed by atoms with Crippen LogP contribution in [0.4, 0.5) is 0 Å². The zero-order valence-electron chi connectivity index (χ0n) is 19.8. The van der Waals surface area contributed by atoms with Crippen molar-refractivity contribution in [3.8, 4) is 5.69 Å². The number of hydrogen-bond donors (Lipinski definition) is 1. The molecule has 2 aromatic heterocycles. The van der Waals surface area contributed by atoms with Crippen molar-refractivity contribution in [1.29, 1.82) is 0 Å². The van der Waals surface area contributed by atoms with E-state index in [1.807, 2.05) is 18.2 Å². The second-order valence-electron chi connectivity index (χ2n) is 8.53. The minimum atomic E-state index is -0.251. The number of rotatable bonds is 6. The number of carbonyl (C=O) groups is 1. The first kappa shape index (κ1) is 23.0. The number of benzene rings is 1. The van der Waals surface area contributed by atoms with Gasteiger partial charge in [-0.1, -0.05) is 18.2 Å². The number of nitrogens with one attached hydrogen (secondary N) is 1. The second-order valence-corrected chi connectivity index (χ2v) is 8.91. The molecule has 1 fully saturated rings. The molecule has 0 radical (unpaired) electrons. The van der Waals surface area contributed by atoms with E-state index in [0.717, 1.165) is 17.1 Å². The van der Waals surface area contributed by atoms with Gasteiger partial charge in [0.25, 0.3) is 0 Å². The molecule has 1 aliphatic rings. The number of esters is 1. The molecular weight excluding hydrogens is 432 g/mol. The largest absolute Gasteiger partial charge is 0.469 e. The Kier molecular flexibility index (Phi) is 6.51. The van der Waals surface area contributed by atoms with E-state index in [2.05, 4.69) is 71.7 Å². The lowest BCUT2D eigenvalue weighted by Gasteiger charge is -2.28. The summed E-state index contributed by atoms with van der Waals surface area (Å²) in [5, 5.41) is 4.08. The highest BCUT2D eigenvalue weighted by Gasteiger charge is 2.41. The first-order chi connectivity index (χ1) is 15.8. The van der Waals surface area contributed by atoms with Gasteiger partial charge < -0.3 is 19.5 Å². The van der Waals surface area contributed by atoms with Crippen LogP contribution in [0.2, 0.25) is 0 Å². The maximum atomic E-state index is 11.9. The van der Waals surface area contributed by atoms with Crippen molar-refractivity contribution in [1.82, 2.24) is 19.8 Å². The minimum Gasteiger partial charge on any atom is -0.469 e. The van der Waals surface area contributed by atoms with E-state index in [-0.39, 0.29) is 24.5 Å². The van der Waals surface area contributed by atoms with Crippen LogP contribution in [0.15, 0.2) is 48.7 Å². The molecule has 0 unspecified atom stereocenters. The van der Waals surface area contributed by atoms with Gasteiger partial charge in [-0.2, -0.15) is 0 Å². The summed E-state index contributed by atoms with van der Waals surface area (Å²) in [4.78, 5) is 18.6. The fourth-order valence-corrected chi connectivity index (χ4v) is 5.07. The molecule has 172 valence electrons. The van der Waals surface area contributed by atoms with Gasteiger partial charge in [0, 0.05) is 29.8 Å². The van der Waals surface area contributed by atoms with E-state index in [1.165, 1.54) is 29.5 Å². The molecule has 7 heteroatoms. The fourth-order valence-electron chi connectivity index (χ4n) is 4.73. The number of carbonyl (C=O) groups excluding carboxylic acids is 1. The first-order valence-electron chi connectivity index (χ1n) is 11.1. The number of nitrogens with zero attached hydrogens (tertiary/aromatic N) is 3. The minimum absolute atomic E-state index is 0.0953. The van der Waals surface area contributed by atoms with Crippen molar-refractivity contribution in [2.24, 2.45) is 0 Å². The standard InChI is InChI=1S/C26H30N4O2S/c1-16-9-8-11-22(18(16)3)30-17(2)15-20(19(30)4)25-24(21-10-6-7-13-27-21)28-26(33)29(25)14-12-23(31)32-5/h6-11,13,15,24-25H,12,14H2,1-5H3,(H,28,33)/t24-,25-/m1/s1. The summed E-state index contributed by atoms with van der Waals surface area (Å²) >= 11 is 5.73. The Bertz CT molecular complexity index is 1190. The van der Waals surface area contributed by atoms with Crippen LogP contribution in [0.25, 0.3) is 5.69 Å². The number of thiocarbonyl (C=S) groups is 1. The van der Waals surface area contributed by atoms with Crippen LogP contribution < -0.4 is 5.32 Å². The van der Waals surface area contributed by atoms with Gasteiger partial charge >= 0.3 is 5.97 Å². The van der Waals surface area contributed by atoms with Crippen LogP contribution >= 0.6 is 12.2 Å². The number of aryl methyl sites for hydroxylation is 2. The van der Waals surface area contributed by atoms with E-state index in [0.29, 0.717) is 11.7 Å². The van der Waals surface area contributed by atoms with Gasteiger partial charge in [-0.25, -0.2) is 0 Å². The van der Waals surface area contributed by atoms with Gasteiger partial charge in [0.1, 0.15) is 0 Å². The lowest BCUT2D eigenvalue weighted by Crippen LogP contribution is -2.32. The van der Waals surface area contributed by atoms with Crippen LogP contribution in [0, 0.1) is 27.7 Å². The van der Waals surface area contributed by atoms with Gasteiger partial charge in [0.2, 0.25) is 0 Å². The highest BCUT2D eigenvalue weighted by Crippen LogP contribution is 2.41. The molecule has 4 rings (SSSR count). The van der Waals surface area contributed by atoms with E-state index < -0.39 is 0 Å². The molecule has 33 heavy (non-hydrogen) atoms. The lowest BCUT2D eigenvalue weighted by atomic mass is 9.96. The monoisotopic (exact) mass is 462 g/mol. The van der Waals surface area contributed by atoms with E-state index in [9.17, 15) is 4.79 Å². The molecule has 3 aromatic rings. The Morgan fingerprint density at radius 2 is 1.94 bits per heavy atom. The summed E-state index contributed by atoms with van der Waals surface area (Å²) in [7, 11) is 1.41. The summed E-state index contributed by atoms with van der Waals surface area (Å²) in [5.74, 6) is -0.251. The molecular formula is C26H30N4O2S. The van der Waals surface area contributed by atoms with Crippen molar-refractivity contribution in [3.05, 3.63) is 82.4 Å². The van der Waals surface area contributed by atoms with Crippen molar-refractivity contribution >= 4 is 23.3 Å². The molecule has 6 nitrogen and oxygen atoms in total. The highest BCUT2D eigenvalue weighted by atomic mass is 32.1. The van der Waals surface area contributed by atoms with Gasteiger partial charge in [0.05, 0.1) is 31.3 Å². The Labute approximate surface area is 200 Å². The van der Waals surface area contributed by atoms with Crippen LogP contribution in [-0.4, -0.2) is 39.2 Å². The first-order valence-corrected chi connectivity index (χ1v) is 11.5. The quantitative estimate of drug-likeness (QED) is 0.425. The topological polar surface area (TPSA) is 59.4 Å². The van der Waals surface area contributed by atoms with Crippen molar-refractivity contribution < 1.29 is 9.53 Å². The smallest absolute Gasteiger partial charge is 0.307 e. The average Bonchev–Trinajstić information content (AvgIpc) is 3.29. The maximum Gasteiger partial charge on any atom is 0.307 e. The fraction of sp³-hybridized carbons (Fsp3) is 0.346. The van der Waals surface area contributed by atoms with Crippen LogP contribution in [0.3, 0.4) is 0 Å². The predicted octanol–water partition coefficient (Wildman–Crippen LogP) is 4.64. The molecule has 0 spiro atoms. The summed E-state index contributed by atoms with van der Waals surface area (Å²) in [6.07, 6.45) is 2.06. The SMILES string of the molecule is COC(=O)CCN1C(=S)N[C@H](c2ccccn2)[C@H]1c1cc(C)n(-c2cccc(C)c2C)c1C. The highest BCUT2D eigenvalue weighted by molar-refractivity contribution is 7.80. The number of pyridine rings is 1. The van der Waals surface area contributed by atoms with E-state index in [4.69, 9.17) is 17.0 Å². The van der Waals surface area contributed by atoms with E-state index in [1.54, 1.807) is 6.20 Å². The molecule has 0 saturated carbocycles. The van der Waals surface area contributed by atoms with Crippen LogP contribution in [0.5, 0.6) is 0 Å². The summed E-state index contributed by atoms with van der Waals surface area (Å²) in [6, 6.07) is 14.3. The van der Waals surface area contributed by atoms with Gasteiger partial charge in [0.15, 0.2) is 5.11 Å². The van der Waals surface area contributed by atoms with Crippen molar-refractivity contribution in [3.63, 3.8) is 0 Å². The molecule has 0 aliphatic carbocycles.